The molecule has 0 saturated heterocycles. The fourth-order valence-corrected chi connectivity index (χ4v) is 1.87. The quantitative estimate of drug-likeness (QED) is 0.854. The molecule has 0 bridgehead atoms. The van der Waals surface area contributed by atoms with Crippen molar-refractivity contribution in [3.8, 4) is 5.75 Å². The molecular formula is C14H18NO2+. The molecule has 0 fully saturated rings. The van der Waals surface area contributed by atoms with Gasteiger partial charge in [0.2, 0.25) is 0 Å². The highest BCUT2D eigenvalue weighted by Crippen LogP contribution is 2.18. The molecule has 3 nitrogen and oxygen atoms in total. The molecular weight excluding hydrogens is 214 g/mol. The van der Waals surface area contributed by atoms with Gasteiger partial charge >= 0.3 is 0 Å². The summed E-state index contributed by atoms with van der Waals surface area (Å²) in [7, 11) is 1.71. The molecule has 3 heteroatoms. The van der Waals surface area contributed by atoms with Crippen molar-refractivity contribution in [3.05, 3.63) is 53.5 Å². The lowest BCUT2D eigenvalue weighted by Crippen LogP contribution is -2.80. The Morgan fingerprint density at radius 2 is 2.12 bits per heavy atom. The average molecular weight is 232 g/mol. The first-order chi connectivity index (χ1) is 8.29. The highest BCUT2D eigenvalue weighted by molar-refractivity contribution is 5.36. The number of hydrogen-bond donors (Lipinski definition) is 1. The maximum atomic E-state index is 5.34. The Morgan fingerprint density at radius 3 is 2.82 bits per heavy atom. The lowest BCUT2D eigenvalue weighted by molar-refractivity contribution is -0.688. The molecule has 0 unspecified atom stereocenters. The zero-order valence-electron chi connectivity index (χ0n) is 10.3. The van der Waals surface area contributed by atoms with Crippen LogP contribution >= 0.6 is 0 Å². The van der Waals surface area contributed by atoms with Crippen LogP contribution in [0.1, 0.15) is 16.9 Å². The molecule has 2 aromatic rings. The van der Waals surface area contributed by atoms with Gasteiger partial charge in [0.25, 0.3) is 0 Å². The molecule has 90 valence electrons. The maximum absolute atomic E-state index is 5.34. The largest absolute Gasteiger partial charge is 0.496 e. The number of rotatable bonds is 5. The van der Waals surface area contributed by atoms with Crippen molar-refractivity contribution in [1.82, 2.24) is 0 Å². The molecule has 0 aliphatic carbocycles. The number of furan rings is 1. The Kier molecular flexibility index (Phi) is 3.83. The lowest BCUT2D eigenvalue weighted by Gasteiger charge is -2.08. The van der Waals surface area contributed by atoms with Crippen LogP contribution < -0.4 is 10.1 Å². The summed E-state index contributed by atoms with van der Waals surface area (Å²) >= 11 is 0. The smallest absolute Gasteiger partial charge is 0.157 e. The van der Waals surface area contributed by atoms with Gasteiger partial charge in [0.1, 0.15) is 18.8 Å². The second kappa shape index (κ2) is 5.55. The summed E-state index contributed by atoms with van der Waals surface area (Å²) in [5, 5.41) is 2.20. The van der Waals surface area contributed by atoms with Gasteiger partial charge in [-0.25, -0.2) is 0 Å². The Balaban J connectivity index is 1.96. The molecule has 0 aliphatic rings. The predicted octanol–water partition coefficient (Wildman–Crippen LogP) is 1.86. The first kappa shape index (κ1) is 11.7. The van der Waals surface area contributed by atoms with Gasteiger partial charge in [-0.1, -0.05) is 11.6 Å². The van der Waals surface area contributed by atoms with Crippen LogP contribution in [0.2, 0.25) is 0 Å². The van der Waals surface area contributed by atoms with Crippen molar-refractivity contribution in [2.45, 2.75) is 20.0 Å². The first-order valence-electron chi connectivity index (χ1n) is 5.77. The van der Waals surface area contributed by atoms with Crippen LogP contribution in [0.4, 0.5) is 0 Å². The summed E-state index contributed by atoms with van der Waals surface area (Å²) in [5.41, 5.74) is 2.48. The molecule has 2 rings (SSSR count). The minimum absolute atomic E-state index is 0.851. The van der Waals surface area contributed by atoms with Crippen molar-refractivity contribution >= 4 is 0 Å². The molecule has 17 heavy (non-hydrogen) atoms. The van der Waals surface area contributed by atoms with Crippen LogP contribution in [0, 0.1) is 6.92 Å². The van der Waals surface area contributed by atoms with Crippen molar-refractivity contribution in [2.75, 3.05) is 7.11 Å². The van der Waals surface area contributed by atoms with Crippen molar-refractivity contribution in [3.63, 3.8) is 0 Å². The number of aryl methyl sites for hydroxylation is 1. The summed E-state index contributed by atoms with van der Waals surface area (Å²) in [6.07, 6.45) is 1.70. The molecule has 1 aromatic heterocycles. The predicted molar refractivity (Wildman–Crippen MR) is 65.8 cm³/mol. The van der Waals surface area contributed by atoms with E-state index in [1.165, 1.54) is 11.1 Å². The van der Waals surface area contributed by atoms with E-state index in [0.29, 0.717) is 0 Å². The lowest BCUT2D eigenvalue weighted by atomic mass is 10.1. The van der Waals surface area contributed by atoms with Crippen molar-refractivity contribution in [1.29, 1.82) is 0 Å². The van der Waals surface area contributed by atoms with E-state index >= 15 is 0 Å². The van der Waals surface area contributed by atoms with Gasteiger partial charge in [-0.2, -0.15) is 0 Å². The van der Waals surface area contributed by atoms with Crippen molar-refractivity contribution < 1.29 is 14.5 Å². The third-order valence-electron chi connectivity index (χ3n) is 2.73. The minimum atomic E-state index is 0.851. The molecule has 0 saturated carbocycles. The van der Waals surface area contributed by atoms with E-state index in [4.69, 9.17) is 9.15 Å². The van der Waals surface area contributed by atoms with Crippen molar-refractivity contribution in [2.24, 2.45) is 0 Å². The zero-order valence-corrected chi connectivity index (χ0v) is 10.3. The summed E-state index contributed by atoms with van der Waals surface area (Å²) in [5.74, 6) is 1.95. The minimum Gasteiger partial charge on any atom is -0.496 e. The van der Waals surface area contributed by atoms with E-state index in [-0.39, 0.29) is 0 Å². The molecule has 2 N–H and O–H groups in total. The SMILES string of the molecule is COc1ccc(C)cc1C[NH2+]Cc1ccco1. The molecule has 1 heterocycles. The van der Waals surface area contributed by atoms with E-state index in [1.807, 2.05) is 18.2 Å². The summed E-state index contributed by atoms with van der Waals surface area (Å²) in [4.78, 5) is 0. The number of benzene rings is 1. The van der Waals surface area contributed by atoms with Crippen LogP contribution in [0.15, 0.2) is 41.0 Å². The van der Waals surface area contributed by atoms with E-state index in [9.17, 15) is 0 Å². The van der Waals surface area contributed by atoms with Gasteiger partial charge in [-0.15, -0.1) is 0 Å². The highest BCUT2D eigenvalue weighted by Gasteiger charge is 2.05. The average Bonchev–Trinajstić information content (AvgIpc) is 2.82. The number of quaternary nitrogens is 1. The number of nitrogens with two attached hydrogens (primary N) is 1. The molecule has 0 radical (unpaired) electrons. The van der Waals surface area contributed by atoms with Gasteiger partial charge in [0.05, 0.1) is 13.4 Å². The van der Waals surface area contributed by atoms with E-state index in [0.717, 1.165) is 24.6 Å². The first-order valence-corrected chi connectivity index (χ1v) is 5.77. The topological polar surface area (TPSA) is 39.0 Å². The molecule has 0 atom stereocenters. The maximum Gasteiger partial charge on any atom is 0.157 e. The second-order valence-electron chi connectivity index (χ2n) is 4.09. The standard InChI is InChI=1S/C14H17NO2/c1-11-5-6-14(16-2)12(8-11)9-15-10-13-4-3-7-17-13/h3-8,15H,9-10H2,1-2H3/p+1. The summed E-state index contributed by atoms with van der Waals surface area (Å²) in [6, 6.07) is 10.2. The van der Waals surface area contributed by atoms with Gasteiger partial charge < -0.3 is 14.5 Å². The summed E-state index contributed by atoms with van der Waals surface area (Å²) in [6.45, 7) is 3.84. The van der Waals surface area contributed by atoms with Gasteiger partial charge in [-0.05, 0) is 31.2 Å². The highest BCUT2D eigenvalue weighted by atomic mass is 16.5. The van der Waals surface area contributed by atoms with Crippen LogP contribution in [0.5, 0.6) is 5.75 Å². The van der Waals surface area contributed by atoms with Crippen LogP contribution in [-0.4, -0.2) is 7.11 Å². The molecule has 0 spiro atoms. The van der Waals surface area contributed by atoms with Crippen LogP contribution in [-0.2, 0) is 13.1 Å². The Bertz CT molecular complexity index is 463. The normalized spacial score (nSPS) is 10.5. The van der Waals surface area contributed by atoms with E-state index in [1.54, 1.807) is 13.4 Å². The van der Waals surface area contributed by atoms with Gasteiger partial charge in [0.15, 0.2) is 5.76 Å². The third-order valence-corrected chi connectivity index (χ3v) is 2.73. The van der Waals surface area contributed by atoms with Gasteiger partial charge in [0, 0.05) is 5.56 Å². The van der Waals surface area contributed by atoms with E-state index in [2.05, 4.69) is 24.4 Å². The van der Waals surface area contributed by atoms with Gasteiger partial charge in [-0.3, -0.25) is 0 Å². The fraction of sp³-hybridized carbons (Fsp3) is 0.286. The number of ether oxygens (including phenoxy) is 1. The summed E-state index contributed by atoms with van der Waals surface area (Å²) < 4.78 is 10.6. The Labute approximate surface area is 101 Å². The fourth-order valence-electron chi connectivity index (χ4n) is 1.87. The Morgan fingerprint density at radius 1 is 1.24 bits per heavy atom. The Hall–Kier alpha value is -1.74. The molecule has 0 aliphatic heterocycles. The van der Waals surface area contributed by atoms with E-state index < -0.39 is 0 Å². The second-order valence-corrected chi connectivity index (χ2v) is 4.09. The number of hydrogen-bond acceptors (Lipinski definition) is 2. The monoisotopic (exact) mass is 232 g/mol. The van der Waals surface area contributed by atoms with Crippen LogP contribution in [0.25, 0.3) is 0 Å². The third kappa shape index (κ3) is 3.11. The molecule has 0 amide bonds. The zero-order chi connectivity index (χ0) is 12.1. The molecule has 1 aromatic carbocycles. The number of methoxy groups -OCH3 is 1. The van der Waals surface area contributed by atoms with Crippen LogP contribution in [0.3, 0.4) is 0 Å².